The zero-order chi connectivity index (χ0) is 13.6. The lowest BCUT2D eigenvalue weighted by molar-refractivity contribution is 0.174. The van der Waals surface area contributed by atoms with Crippen LogP contribution in [0.4, 0.5) is 0 Å². The summed E-state index contributed by atoms with van der Waals surface area (Å²) in [5, 5.41) is 6.57. The normalized spacial score (nSPS) is 22.8. The molecule has 1 aliphatic heterocycles. The maximum absolute atomic E-state index is 11.9. The second-order valence-corrected chi connectivity index (χ2v) is 5.96. The van der Waals surface area contributed by atoms with Gasteiger partial charge in [0, 0.05) is 11.8 Å². The number of aromatic amines is 1. The summed E-state index contributed by atoms with van der Waals surface area (Å²) in [6.07, 6.45) is 2.31. The Kier molecular flexibility index (Phi) is 2.70. The molecule has 3 rings (SSSR count). The lowest BCUT2D eigenvalue weighted by Gasteiger charge is -2.37. The third kappa shape index (κ3) is 2.06. The SMILES string of the molecule is Cc1cc(=O)n2[nH]c(C3NCCCC3(C)C)nc2n1. The highest BCUT2D eigenvalue weighted by atomic mass is 16.1. The van der Waals surface area contributed by atoms with Crippen LogP contribution in [0.2, 0.25) is 0 Å². The molecule has 2 aromatic heterocycles. The lowest BCUT2D eigenvalue weighted by atomic mass is 9.77. The van der Waals surface area contributed by atoms with Crippen molar-refractivity contribution in [3.8, 4) is 0 Å². The Labute approximate surface area is 111 Å². The minimum Gasteiger partial charge on any atom is -0.307 e. The van der Waals surface area contributed by atoms with Crippen LogP contribution in [0.15, 0.2) is 10.9 Å². The highest BCUT2D eigenvalue weighted by molar-refractivity contribution is 5.28. The molecule has 0 bridgehead atoms. The van der Waals surface area contributed by atoms with E-state index in [1.807, 2.05) is 0 Å². The molecule has 1 saturated heterocycles. The van der Waals surface area contributed by atoms with Crippen molar-refractivity contribution in [2.75, 3.05) is 6.54 Å². The number of hydrogen-bond donors (Lipinski definition) is 2. The van der Waals surface area contributed by atoms with Crippen LogP contribution >= 0.6 is 0 Å². The monoisotopic (exact) mass is 261 g/mol. The van der Waals surface area contributed by atoms with E-state index in [0.717, 1.165) is 18.8 Å². The molecule has 6 heteroatoms. The summed E-state index contributed by atoms with van der Waals surface area (Å²) in [7, 11) is 0. The summed E-state index contributed by atoms with van der Waals surface area (Å²) >= 11 is 0. The average molecular weight is 261 g/mol. The fourth-order valence-electron chi connectivity index (χ4n) is 2.82. The van der Waals surface area contributed by atoms with Crippen molar-refractivity contribution >= 4 is 5.78 Å². The molecule has 1 aliphatic rings. The Bertz CT molecular complexity index is 669. The van der Waals surface area contributed by atoms with E-state index in [4.69, 9.17) is 0 Å². The van der Waals surface area contributed by atoms with Crippen LogP contribution in [-0.2, 0) is 0 Å². The molecule has 2 aromatic rings. The molecular weight excluding hydrogens is 242 g/mol. The van der Waals surface area contributed by atoms with Gasteiger partial charge in [0.05, 0.1) is 6.04 Å². The molecule has 102 valence electrons. The van der Waals surface area contributed by atoms with Gasteiger partial charge >= 0.3 is 0 Å². The largest absolute Gasteiger partial charge is 0.307 e. The number of H-pyrrole nitrogens is 1. The number of aryl methyl sites for hydroxylation is 1. The Morgan fingerprint density at radius 2 is 2.21 bits per heavy atom. The Morgan fingerprint density at radius 1 is 1.42 bits per heavy atom. The molecule has 0 aliphatic carbocycles. The third-order valence-corrected chi connectivity index (χ3v) is 3.88. The van der Waals surface area contributed by atoms with Gasteiger partial charge in [0.1, 0.15) is 5.82 Å². The standard InChI is InChI=1S/C13H19N5O/c1-8-7-9(19)18-12(15-8)16-11(17-18)10-13(2,3)5-4-6-14-10/h7,10,14H,4-6H2,1-3H3,(H,15,16,17). The maximum atomic E-state index is 11.9. The van der Waals surface area contributed by atoms with Gasteiger partial charge in [0.15, 0.2) is 0 Å². The topological polar surface area (TPSA) is 75.1 Å². The predicted molar refractivity (Wildman–Crippen MR) is 72.1 cm³/mol. The number of fused-ring (bicyclic) bond motifs is 1. The van der Waals surface area contributed by atoms with Gasteiger partial charge in [0.25, 0.3) is 11.3 Å². The first-order chi connectivity index (χ1) is 8.97. The van der Waals surface area contributed by atoms with Crippen LogP contribution in [0.25, 0.3) is 5.78 Å². The van der Waals surface area contributed by atoms with E-state index in [9.17, 15) is 4.79 Å². The summed E-state index contributed by atoms with van der Waals surface area (Å²) in [4.78, 5) is 20.7. The molecule has 3 heterocycles. The molecule has 1 fully saturated rings. The van der Waals surface area contributed by atoms with Gasteiger partial charge in [-0.2, -0.15) is 9.50 Å². The van der Waals surface area contributed by atoms with E-state index in [1.165, 1.54) is 17.0 Å². The van der Waals surface area contributed by atoms with Crippen LogP contribution in [-0.4, -0.2) is 26.1 Å². The second kappa shape index (κ2) is 4.16. The van der Waals surface area contributed by atoms with Gasteiger partial charge in [-0.15, -0.1) is 0 Å². The molecule has 19 heavy (non-hydrogen) atoms. The van der Waals surface area contributed by atoms with Crippen molar-refractivity contribution in [1.29, 1.82) is 0 Å². The van der Waals surface area contributed by atoms with Crippen molar-refractivity contribution in [3.05, 3.63) is 27.9 Å². The highest BCUT2D eigenvalue weighted by Crippen LogP contribution is 2.38. The minimum absolute atomic E-state index is 0.116. The number of hydrogen-bond acceptors (Lipinski definition) is 4. The zero-order valence-electron chi connectivity index (χ0n) is 11.5. The molecule has 0 amide bonds. The second-order valence-electron chi connectivity index (χ2n) is 5.96. The summed E-state index contributed by atoms with van der Waals surface area (Å²) in [5.41, 5.74) is 0.693. The molecule has 1 atom stereocenters. The fraction of sp³-hybridized carbons (Fsp3) is 0.615. The number of nitrogens with one attached hydrogen (secondary N) is 2. The summed E-state index contributed by atoms with van der Waals surface area (Å²) in [6.45, 7) is 7.22. The summed E-state index contributed by atoms with van der Waals surface area (Å²) < 4.78 is 1.41. The first-order valence-corrected chi connectivity index (χ1v) is 6.67. The molecule has 0 aromatic carbocycles. The van der Waals surface area contributed by atoms with E-state index in [-0.39, 0.29) is 17.0 Å². The Balaban J connectivity index is 2.11. The minimum atomic E-state index is -0.116. The van der Waals surface area contributed by atoms with E-state index in [2.05, 4.69) is 34.2 Å². The van der Waals surface area contributed by atoms with Gasteiger partial charge in [0.2, 0.25) is 0 Å². The van der Waals surface area contributed by atoms with Crippen LogP contribution < -0.4 is 10.9 Å². The number of piperidine rings is 1. The highest BCUT2D eigenvalue weighted by Gasteiger charge is 2.35. The van der Waals surface area contributed by atoms with Crippen molar-refractivity contribution in [3.63, 3.8) is 0 Å². The van der Waals surface area contributed by atoms with Gasteiger partial charge < -0.3 is 5.32 Å². The van der Waals surface area contributed by atoms with Gasteiger partial charge in [-0.3, -0.25) is 9.89 Å². The first kappa shape index (κ1) is 12.3. The van der Waals surface area contributed by atoms with Gasteiger partial charge in [-0.1, -0.05) is 13.8 Å². The third-order valence-electron chi connectivity index (χ3n) is 3.88. The number of aromatic nitrogens is 4. The zero-order valence-corrected chi connectivity index (χ0v) is 11.5. The summed E-state index contributed by atoms with van der Waals surface area (Å²) in [6, 6.07) is 1.64. The van der Waals surface area contributed by atoms with E-state index < -0.39 is 0 Å². The van der Waals surface area contributed by atoms with Crippen molar-refractivity contribution in [1.82, 2.24) is 24.9 Å². The average Bonchev–Trinajstić information content (AvgIpc) is 2.72. The van der Waals surface area contributed by atoms with E-state index >= 15 is 0 Å². The van der Waals surface area contributed by atoms with Gasteiger partial charge in [-0.25, -0.2) is 4.98 Å². The number of nitrogens with zero attached hydrogens (tertiary/aromatic N) is 3. The summed E-state index contributed by atoms with van der Waals surface area (Å²) in [5.74, 6) is 1.24. The van der Waals surface area contributed by atoms with Crippen molar-refractivity contribution in [2.45, 2.75) is 39.7 Å². The molecule has 1 unspecified atom stereocenters. The maximum Gasteiger partial charge on any atom is 0.274 e. The van der Waals surface area contributed by atoms with Crippen LogP contribution in [0.1, 0.15) is 44.2 Å². The predicted octanol–water partition coefficient (Wildman–Crippen LogP) is 1.18. The first-order valence-electron chi connectivity index (χ1n) is 6.67. The number of rotatable bonds is 1. The van der Waals surface area contributed by atoms with E-state index in [1.54, 1.807) is 6.92 Å². The molecular formula is C13H19N5O. The van der Waals surface area contributed by atoms with Crippen molar-refractivity contribution in [2.24, 2.45) is 5.41 Å². The fourth-order valence-corrected chi connectivity index (χ4v) is 2.82. The molecule has 0 saturated carbocycles. The van der Waals surface area contributed by atoms with Crippen molar-refractivity contribution < 1.29 is 0 Å². The van der Waals surface area contributed by atoms with Gasteiger partial charge in [-0.05, 0) is 31.7 Å². The Morgan fingerprint density at radius 3 is 2.95 bits per heavy atom. The smallest absolute Gasteiger partial charge is 0.274 e. The molecule has 0 radical (unpaired) electrons. The quantitative estimate of drug-likeness (QED) is 0.808. The van der Waals surface area contributed by atoms with Crippen LogP contribution in [0.3, 0.4) is 0 Å². The molecule has 0 spiro atoms. The van der Waals surface area contributed by atoms with Crippen LogP contribution in [0.5, 0.6) is 0 Å². The Hall–Kier alpha value is -1.69. The van der Waals surface area contributed by atoms with E-state index in [0.29, 0.717) is 11.5 Å². The molecule has 2 N–H and O–H groups in total. The van der Waals surface area contributed by atoms with Crippen LogP contribution in [0, 0.1) is 12.3 Å². The molecule has 6 nitrogen and oxygen atoms in total. The lowest BCUT2D eigenvalue weighted by Crippen LogP contribution is -2.40.